The van der Waals surface area contributed by atoms with Crippen molar-refractivity contribution in [2.24, 2.45) is 0 Å². The van der Waals surface area contributed by atoms with Crippen molar-refractivity contribution < 1.29 is 14.3 Å². The van der Waals surface area contributed by atoms with Gasteiger partial charge in [-0.3, -0.25) is 9.69 Å². The van der Waals surface area contributed by atoms with E-state index in [1.807, 2.05) is 73.8 Å². The molecule has 0 N–H and O–H groups in total. The third kappa shape index (κ3) is 3.74. The van der Waals surface area contributed by atoms with Gasteiger partial charge in [0.1, 0.15) is 5.75 Å². The van der Waals surface area contributed by atoms with Crippen molar-refractivity contribution in [1.29, 1.82) is 0 Å². The molecule has 0 bridgehead atoms. The van der Waals surface area contributed by atoms with Gasteiger partial charge >= 0.3 is 0 Å². The first-order chi connectivity index (χ1) is 16.7. The summed E-state index contributed by atoms with van der Waals surface area (Å²) in [6, 6.07) is 19.5. The van der Waals surface area contributed by atoms with Crippen LogP contribution in [0.25, 0.3) is 22.0 Å². The second-order valence-electron chi connectivity index (χ2n) is 7.86. The minimum absolute atomic E-state index is 0.0364. The normalized spacial score (nSPS) is 14.7. The number of benzene rings is 3. The van der Waals surface area contributed by atoms with Crippen LogP contribution in [0.1, 0.15) is 31.6 Å². The Bertz CT molecular complexity index is 1380. The summed E-state index contributed by atoms with van der Waals surface area (Å²) in [7, 11) is 1.65. The number of carbonyl (C=O) groups excluding carboxylic acids is 1. The van der Waals surface area contributed by atoms with E-state index in [-0.39, 0.29) is 5.91 Å². The van der Waals surface area contributed by atoms with Gasteiger partial charge in [-0.15, -0.1) is 10.2 Å². The number of fused-ring (bicyclic) bond motifs is 4. The summed E-state index contributed by atoms with van der Waals surface area (Å²) in [6.45, 7) is 1.99. The number of amides is 1. The fourth-order valence-corrected chi connectivity index (χ4v) is 4.59. The summed E-state index contributed by atoms with van der Waals surface area (Å²) in [4.78, 5) is 19.9. The Balaban J connectivity index is 1.80. The third-order valence-corrected chi connectivity index (χ3v) is 6.37. The van der Waals surface area contributed by atoms with E-state index in [0.29, 0.717) is 23.2 Å². The average molecular weight is 473 g/mol. The number of carbonyl (C=O) groups is 1. The maximum absolute atomic E-state index is 13.6. The van der Waals surface area contributed by atoms with Crippen LogP contribution in [-0.2, 0) is 4.79 Å². The zero-order valence-corrected chi connectivity index (χ0v) is 20.0. The predicted octanol–water partition coefficient (Wildman–Crippen LogP) is 5.65. The van der Waals surface area contributed by atoms with Crippen LogP contribution < -0.4 is 14.4 Å². The molecule has 1 amide bonds. The van der Waals surface area contributed by atoms with E-state index in [1.165, 1.54) is 11.8 Å². The molecule has 172 valence electrons. The van der Waals surface area contributed by atoms with Crippen LogP contribution in [0.4, 0.5) is 5.69 Å². The molecule has 7 nitrogen and oxygen atoms in total. The highest BCUT2D eigenvalue weighted by molar-refractivity contribution is 7.98. The molecule has 0 fully saturated rings. The number of rotatable bonds is 5. The largest absolute Gasteiger partial charge is 0.496 e. The molecule has 2 heterocycles. The second-order valence-corrected chi connectivity index (χ2v) is 8.63. The van der Waals surface area contributed by atoms with Gasteiger partial charge in [0.15, 0.2) is 5.69 Å². The molecule has 0 aliphatic carbocycles. The number of aromatic nitrogens is 3. The minimum Gasteiger partial charge on any atom is -0.496 e. The number of methoxy groups -OCH3 is 1. The average Bonchev–Trinajstić information content (AvgIpc) is 3.02. The highest BCUT2D eigenvalue weighted by Gasteiger charge is 2.36. The van der Waals surface area contributed by atoms with Crippen LogP contribution >= 0.6 is 11.8 Å². The molecule has 1 atom stereocenters. The van der Waals surface area contributed by atoms with Crippen molar-refractivity contribution in [2.45, 2.75) is 31.1 Å². The maximum atomic E-state index is 13.6. The standard InChI is InChI=1S/C26H24N4O3S/c1-4-9-22(31)30-20-13-8-7-12-19(20)23-24(27-26(34-3)29-28-23)33-25(30)18-14-15-21(32-2)17-11-6-5-10-16(17)18/h5-8,10-15,25H,4,9H2,1-3H3/t25-/m1/s1. The van der Waals surface area contributed by atoms with Crippen LogP contribution in [0.2, 0.25) is 0 Å². The topological polar surface area (TPSA) is 77.4 Å². The molecule has 1 aliphatic heterocycles. The van der Waals surface area contributed by atoms with Crippen LogP contribution in [0, 0.1) is 0 Å². The van der Waals surface area contributed by atoms with E-state index in [2.05, 4.69) is 15.2 Å². The summed E-state index contributed by atoms with van der Waals surface area (Å²) in [5.41, 5.74) is 2.84. The molecule has 3 aromatic carbocycles. The molecule has 0 saturated carbocycles. The Morgan fingerprint density at radius 2 is 1.82 bits per heavy atom. The van der Waals surface area contributed by atoms with Gasteiger partial charge < -0.3 is 9.47 Å². The summed E-state index contributed by atoms with van der Waals surface area (Å²) in [5, 5.41) is 11.0. The van der Waals surface area contributed by atoms with Crippen molar-refractivity contribution in [3.8, 4) is 22.9 Å². The third-order valence-electron chi connectivity index (χ3n) is 5.83. The van der Waals surface area contributed by atoms with Crippen LogP contribution in [-0.4, -0.2) is 34.5 Å². The Morgan fingerprint density at radius 1 is 1.06 bits per heavy atom. The SMILES string of the molecule is CCCC(=O)N1c2ccccc2-c2nnc(SC)nc2O[C@@H]1c1ccc(OC)c2ccccc12. The molecule has 4 aromatic rings. The number of nitrogens with zero attached hydrogens (tertiary/aromatic N) is 4. The van der Waals surface area contributed by atoms with Crippen molar-refractivity contribution in [3.05, 3.63) is 66.2 Å². The fourth-order valence-electron chi connectivity index (χ4n) is 4.29. The lowest BCUT2D eigenvalue weighted by Gasteiger charge is -2.31. The van der Waals surface area contributed by atoms with Crippen molar-refractivity contribution in [3.63, 3.8) is 0 Å². The smallest absolute Gasteiger partial charge is 0.247 e. The molecule has 8 heteroatoms. The van der Waals surface area contributed by atoms with Gasteiger partial charge in [0.05, 0.1) is 12.8 Å². The van der Waals surface area contributed by atoms with Crippen molar-refractivity contribution in [1.82, 2.24) is 15.2 Å². The lowest BCUT2D eigenvalue weighted by atomic mass is 10.0. The minimum atomic E-state index is -0.747. The zero-order valence-electron chi connectivity index (χ0n) is 19.2. The first-order valence-corrected chi connectivity index (χ1v) is 12.3. The van der Waals surface area contributed by atoms with E-state index in [1.54, 1.807) is 12.0 Å². The van der Waals surface area contributed by atoms with Gasteiger partial charge in [-0.2, -0.15) is 4.98 Å². The van der Waals surface area contributed by atoms with Gasteiger partial charge in [0.25, 0.3) is 0 Å². The Hall–Kier alpha value is -3.65. The Labute approximate surface area is 202 Å². The van der Waals surface area contributed by atoms with Gasteiger partial charge in [0.2, 0.25) is 23.2 Å². The van der Waals surface area contributed by atoms with E-state index in [0.717, 1.165) is 39.8 Å². The maximum Gasteiger partial charge on any atom is 0.247 e. The molecule has 1 aromatic heterocycles. The van der Waals surface area contributed by atoms with Gasteiger partial charge in [-0.05, 0) is 36.3 Å². The Morgan fingerprint density at radius 3 is 2.59 bits per heavy atom. The predicted molar refractivity (Wildman–Crippen MR) is 133 cm³/mol. The Kier molecular flexibility index (Phi) is 6.06. The number of thioether (sulfide) groups is 1. The van der Waals surface area contributed by atoms with Gasteiger partial charge in [-0.25, -0.2) is 0 Å². The number of anilines is 1. The summed E-state index contributed by atoms with van der Waals surface area (Å²) >= 11 is 1.39. The van der Waals surface area contributed by atoms with E-state index < -0.39 is 6.23 Å². The molecule has 0 radical (unpaired) electrons. The molecule has 5 rings (SSSR count). The summed E-state index contributed by atoms with van der Waals surface area (Å²) in [5.74, 6) is 1.07. The van der Waals surface area contributed by atoms with Gasteiger partial charge in [-0.1, -0.05) is 61.2 Å². The lowest BCUT2D eigenvalue weighted by Crippen LogP contribution is -2.37. The molecule has 34 heavy (non-hydrogen) atoms. The monoisotopic (exact) mass is 472 g/mol. The number of ether oxygens (including phenoxy) is 2. The summed E-state index contributed by atoms with van der Waals surface area (Å²) < 4.78 is 12.2. The molecule has 0 unspecified atom stereocenters. The molecular formula is C26H24N4O3S. The zero-order chi connectivity index (χ0) is 23.7. The highest BCUT2D eigenvalue weighted by Crippen LogP contribution is 2.45. The lowest BCUT2D eigenvalue weighted by molar-refractivity contribution is -0.120. The van der Waals surface area contributed by atoms with Crippen LogP contribution in [0.3, 0.4) is 0 Å². The quantitative estimate of drug-likeness (QED) is 0.348. The molecule has 1 aliphatic rings. The van der Waals surface area contributed by atoms with E-state index in [4.69, 9.17) is 9.47 Å². The molecular weight excluding hydrogens is 448 g/mol. The fraction of sp³-hybridized carbons (Fsp3) is 0.231. The van der Waals surface area contributed by atoms with Crippen LogP contribution in [0.5, 0.6) is 11.6 Å². The second kappa shape index (κ2) is 9.30. The van der Waals surface area contributed by atoms with Crippen molar-refractivity contribution in [2.75, 3.05) is 18.3 Å². The van der Waals surface area contributed by atoms with Crippen LogP contribution in [0.15, 0.2) is 65.8 Å². The highest BCUT2D eigenvalue weighted by atomic mass is 32.2. The first kappa shape index (κ1) is 22.2. The van der Waals surface area contributed by atoms with E-state index in [9.17, 15) is 4.79 Å². The number of hydrogen-bond acceptors (Lipinski definition) is 7. The molecule has 0 spiro atoms. The number of para-hydroxylation sites is 1. The van der Waals surface area contributed by atoms with Crippen molar-refractivity contribution >= 4 is 34.1 Å². The van der Waals surface area contributed by atoms with Gasteiger partial charge in [0, 0.05) is 22.9 Å². The summed E-state index contributed by atoms with van der Waals surface area (Å²) in [6.07, 6.45) is 2.24. The first-order valence-electron chi connectivity index (χ1n) is 11.1. The van der Waals surface area contributed by atoms with E-state index >= 15 is 0 Å². The molecule has 0 saturated heterocycles. The number of hydrogen-bond donors (Lipinski definition) is 0.